The van der Waals surface area contributed by atoms with Crippen molar-refractivity contribution in [2.45, 2.75) is 84.7 Å². The minimum absolute atomic E-state index is 0.355. The lowest BCUT2D eigenvalue weighted by atomic mass is 9.48. The zero-order chi connectivity index (χ0) is 18.0. The SMILES string of the molecule is CC(CO)C1C[C@@H](C)[C@H]2[C@@H]3CC[C@@H]4C[C@](C)(O)CC[C@@H]4[C@H]3CC[C@]12C. The highest BCUT2D eigenvalue weighted by atomic mass is 16.3. The second kappa shape index (κ2) is 6.23. The Morgan fingerprint density at radius 3 is 2.44 bits per heavy atom. The van der Waals surface area contributed by atoms with Gasteiger partial charge in [0.05, 0.1) is 5.60 Å². The Hall–Kier alpha value is -0.0800. The van der Waals surface area contributed by atoms with E-state index in [0.29, 0.717) is 23.9 Å². The summed E-state index contributed by atoms with van der Waals surface area (Å²) in [7, 11) is 0. The highest BCUT2D eigenvalue weighted by Crippen LogP contribution is 2.67. The zero-order valence-corrected chi connectivity index (χ0v) is 16.9. The summed E-state index contributed by atoms with van der Waals surface area (Å²) in [5.74, 6) is 6.34. The topological polar surface area (TPSA) is 40.5 Å². The third-order valence-corrected chi connectivity index (χ3v) is 9.59. The van der Waals surface area contributed by atoms with Gasteiger partial charge in [-0.1, -0.05) is 20.8 Å². The molecule has 0 heterocycles. The quantitative estimate of drug-likeness (QED) is 0.746. The molecule has 2 unspecified atom stereocenters. The molecule has 144 valence electrons. The number of hydrogen-bond donors (Lipinski definition) is 2. The third kappa shape index (κ3) is 2.81. The molecule has 0 bridgehead atoms. The van der Waals surface area contributed by atoms with Crippen LogP contribution in [0.25, 0.3) is 0 Å². The summed E-state index contributed by atoms with van der Waals surface area (Å²) in [5.41, 5.74) is 0.0508. The van der Waals surface area contributed by atoms with Gasteiger partial charge in [0.2, 0.25) is 0 Å². The minimum Gasteiger partial charge on any atom is -0.396 e. The van der Waals surface area contributed by atoms with Gasteiger partial charge in [-0.25, -0.2) is 0 Å². The van der Waals surface area contributed by atoms with Crippen LogP contribution >= 0.6 is 0 Å². The van der Waals surface area contributed by atoms with Crippen LogP contribution in [0.3, 0.4) is 0 Å². The fourth-order valence-corrected chi connectivity index (χ4v) is 8.69. The predicted molar refractivity (Wildman–Crippen MR) is 102 cm³/mol. The van der Waals surface area contributed by atoms with E-state index >= 15 is 0 Å². The van der Waals surface area contributed by atoms with E-state index in [1.54, 1.807) is 0 Å². The maximum Gasteiger partial charge on any atom is 0.0622 e. The second-order valence-electron chi connectivity index (χ2n) is 11.1. The van der Waals surface area contributed by atoms with Crippen LogP contribution < -0.4 is 0 Å². The van der Waals surface area contributed by atoms with Gasteiger partial charge < -0.3 is 10.2 Å². The van der Waals surface area contributed by atoms with Crippen molar-refractivity contribution in [3.63, 3.8) is 0 Å². The van der Waals surface area contributed by atoms with Gasteiger partial charge in [-0.05, 0) is 111 Å². The Labute approximate surface area is 154 Å². The van der Waals surface area contributed by atoms with E-state index in [-0.39, 0.29) is 0 Å². The molecular formula is C23H40O2. The molecule has 4 rings (SSSR count). The Bertz CT molecular complexity index is 500. The fourth-order valence-electron chi connectivity index (χ4n) is 8.69. The van der Waals surface area contributed by atoms with E-state index in [2.05, 4.69) is 27.7 Å². The van der Waals surface area contributed by atoms with Gasteiger partial charge >= 0.3 is 0 Å². The van der Waals surface area contributed by atoms with Crippen molar-refractivity contribution >= 4 is 0 Å². The number of aliphatic hydroxyl groups is 2. The normalized spacial score (nSPS) is 56.6. The summed E-state index contributed by atoms with van der Waals surface area (Å²) >= 11 is 0. The molecule has 2 heteroatoms. The summed E-state index contributed by atoms with van der Waals surface area (Å²) in [6.07, 6.45) is 10.2. The average Bonchev–Trinajstić information content (AvgIpc) is 2.84. The molecule has 0 amide bonds. The number of rotatable bonds is 2. The predicted octanol–water partition coefficient (Wildman–Crippen LogP) is 4.88. The lowest BCUT2D eigenvalue weighted by molar-refractivity contribution is -0.109. The van der Waals surface area contributed by atoms with Gasteiger partial charge in [-0.3, -0.25) is 0 Å². The van der Waals surface area contributed by atoms with Crippen LogP contribution in [0.15, 0.2) is 0 Å². The number of fused-ring (bicyclic) bond motifs is 5. The molecule has 0 aromatic heterocycles. The van der Waals surface area contributed by atoms with Crippen LogP contribution in [-0.4, -0.2) is 22.4 Å². The molecule has 4 aliphatic carbocycles. The van der Waals surface area contributed by atoms with E-state index in [1.807, 2.05) is 0 Å². The zero-order valence-electron chi connectivity index (χ0n) is 16.9. The van der Waals surface area contributed by atoms with E-state index in [4.69, 9.17) is 0 Å². The Morgan fingerprint density at radius 1 is 1.00 bits per heavy atom. The summed E-state index contributed by atoms with van der Waals surface area (Å²) in [4.78, 5) is 0. The van der Waals surface area contributed by atoms with Crippen molar-refractivity contribution in [1.29, 1.82) is 0 Å². The molecule has 4 saturated carbocycles. The molecule has 0 radical (unpaired) electrons. The van der Waals surface area contributed by atoms with Gasteiger partial charge in [-0.2, -0.15) is 0 Å². The van der Waals surface area contributed by atoms with Gasteiger partial charge in [0, 0.05) is 6.61 Å². The minimum atomic E-state index is -0.403. The molecule has 2 nitrogen and oxygen atoms in total. The van der Waals surface area contributed by atoms with Gasteiger partial charge in [0.1, 0.15) is 0 Å². The van der Waals surface area contributed by atoms with Crippen molar-refractivity contribution in [3.05, 3.63) is 0 Å². The first kappa shape index (κ1) is 18.3. The van der Waals surface area contributed by atoms with Crippen LogP contribution in [0.5, 0.6) is 0 Å². The molecule has 0 spiro atoms. The Morgan fingerprint density at radius 2 is 1.72 bits per heavy atom. The van der Waals surface area contributed by atoms with Gasteiger partial charge in [-0.15, -0.1) is 0 Å². The van der Waals surface area contributed by atoms with Gasteiger partial charge in [0.15, 0.2) is 0 Å². The molecule has 4 aliphatic rings. The van der Waals surface area contributed by atoms with E-state index in [9.17, 15) is 10.2 Å². The van der Waals surface area contributed by atoms with Crippen molar-refractivity contribution in [1.82, 2.24) is 0 Å². The fraction of sp³-hybridized carbons (Fsp3) is 1.00. The molecule has 0 aromatic carbocycles. The van der Waals surface area contributed by atoms with Crippen LogP contribution in [0.4, 0.5) is 0 Å². The monoisotopic (exact) mass is 348 g/mol. The molecule has 2 N–H and O–H groups in total. The average molecular weight is 349 g/mol. The lowest BCUT2D eigenvalue weighted by Gasteiger charge is -2.58. The molecule has 4 fully saturated rings. The van der Waals surface area contributed by atoms with Crippen molar-refractivity contribution in [2.24, 2.45) is 52.8 Å². The summed E-state index contributed by atoms with van der Waals surface area (Å²) in [6, 6.07) is 0. The van der Waals surface area contributed by atoms with E-state index < -0.39 is 5.60 Å². The number of aliphatic hydroxyl groups excluding tert-OH is 1. The van der Waals surface area contributed by atoms with Crippen molar-refractivity contribution < 1.29 is 10.2 Å². The van der Waals surface area contributed by atoms with E-state index in [0.717, 1.165) is 48.3 Å². The Balaban J connectivity index is 1.57. The molecule has 25 heavy (non-hydrogen) atoms. The first-order chi connectivity index (χ1) is 11.8. The van der Waals surface area contributed by atoms with Crippen LogP contribution in [0.2, 0.25) is 0 Å². The standard InChI is InChI=1S/C23H40O2/c1-14-11-20(15(2)13-24)23(4)10-8-18-17-7-9-22(3,25)12-16(17)5-6-19(18)21(14)23/h14-21,24-25H,5-13H2,1-4H3/t14-,15?,16-,17+,18-,19-,20?,21+,22-,23-/m1/s1. The highest BCUT2D eigenvalue weighted by molar-refractivity contribution is 5.09. The highest BCUT2D eigenvalue weighted by Gasteiger charge is 2.60. The second-order valence-corrected chi connectivity index (χ2v) is 11.1. The van der Waals surface area contributed by atoms with Gasteiger partial charge in [0.25, 0.3) is 0 Å². The van der Waals surface area contributed by atoms with Crippen LogP contribution in [-0.2, 0) is 0 Å². The van der Waals surface area contributed by atoms with Crippen LogP contribution in [0.1, 0.15) is 79.1 Å². The maximum absolute atomic E-state index is 10.5. The summed E-state index contributed by atoms with van der Waals surface area (Å²) in [5, 5.41) is 20.3. The number of hydrogen-bond acceptors (Lipinski definition) is 2. The summed E-state index contributed by atoms with van der Waals surface area (Å²) in [6.45, 7) is 9.77. The van der Waals surface area contributed by atoms with Crippen LogP contribution in [0, 0.1) is 52.8 Å². The summed E-state index contributed by atoms with van der Waals surface area (Å²) < 4.78 is 0. The molecule has 0 aromatic rings. The van der Waals surface area contributed by atoms with Crippen molar-refractivity contribution in [2.75, 3.05) is 6.61 Å². The lowest BCUT2D eigenvalue weighted by Crippen LogP contribution is -2.51. The smallest absolute Gasteiger partial charge is 0.0622 e. The van der Waals surface area contributed by atoms with Crippen molar-refractivity contribution in [3.8, 4) is 0 Å². The molecule has 10 atom stereocenters. The first-order valence-electron chi connectivity index (χ1n) is 11.1. The Kier molecular flexibility index (Phi) is 4.56. The molecular weight excluding hydrogens is 308 g/mol. The first-order valence-corrected chi connectivity index (χ1v) is 11.1. The largest absolute Gasteiger partial charge is 0.396 e. The molecule has 0 aliphatic heterocycles. The van der Waals surface area contributed by atoms with E-state index in [1.165, 1.54) is 38.5 Å². The third-order valence-electron chi connectivity index (χ3n) is 9.59. The maximum atomic E-state index is 10.5. The molecule has 0 saturated heterocycles.